The van der Waals surface area contributed by atoms with Crippen molar-refractivity contribution in [2.75, 3.05) is 6.26 Å². The van der Waals surface area contributed by atoms with Gasteiger partial charge in [0.1, 0.15) is 15.3 Å². The molecule has 0 unspecified atom stereocenters. The van der Waals surface area contributed by atoms with Crippen molar-refractivity contribution in [3.8, 4) is 5.75 Å². The zero-order chi connectivity index (χ0) is 17.7. The molecule has 0 heterocycles. The Bertz CT molecular complexity index is 680. The van der Waals surface area contributed by atoms with Gasteiger partial charge in [0.05, 0.1) is 0 Å². The van der Waals surface area contributed by atoms with Gasteiger partial charge in [-0.25, -0.2) is 0 Å². The Labute approximate surface area is 153 Å². The van der Waals surface area contributed by atoms with E-state index in [1.54, 1.807) is 17.8 Å². The number of hydrogen-bond acceptors (Lipinski definition) is 2. The molecule has 1 N–H and O–H groups in total. The molecule has 3 heteroatoms. The molecule has 0 aliphatic carbocycles. The first-order chi connectivity index (χ1) is 11.4. The molecule has 0 aliphatic rings. The van der Waals surface area contributed by atoms with Crippen LogP contribution in [0, 0.1) is 11.8 Å². The van der Waals surface area contributed by atoms with Crippen LogP contribution in [0.5, 0.6) is 5.75 Å². The predicted octanol–water partition coefficient (Wildman–Crippen LogP) is 4.17. The van der Waals surface area contributed by atoms with E-state index in [1.807, 2.05) is 12.3 Å². The molecule has 0 bridgehead atoms. The Morgan fingerprint density at radius 1 is 0.917 bits per heavy atom. The van der Waals surface area contributed by atoms with Gasteiger partial charge in [-0.05, 0) is 53.3 Å². The summed E-state index contributed by atoms with van der Waals surface area (Å²) < 4.78 is 0. The normalized spacial score (nSPS) is 11.5. The molecule has 2 aromatic rings. The lowest BCUT2D eigenvalue weighted by Gasteiger charge is -2.19. The number of thioether (sulfide) groups is 1. The van der Waals surface area contributed by atoms with Gasteiger partial charge in [0, 0.05) is 4.90 Å². The van der Waals surface area contributed by atoms with E-state index in [0.29, 0.717) is 27.1 Å². The largest absolute Gasteiger partial charge is 0.507 e. The van der Waals surface area contributed by atoms with Gasteiger partial charge in [0.2, 0.25) is 0 Å². The standard InChI is InChI=1S/C21H28OSSi/c1-14(2)12-16-8-6-10-19(17(16)13-15(3)4)24-20-11-7-9-18(22)21(20)23-5/h6-11,14-15,22H,12-13H2,1-5H3. The quantitative estimate of drug-likeness (QED) is 0.593. The van der Waals surface area contributed by atoms with Crippen LogP contribution in [0.1, 0.15) is 38.8 Å². The van der Waals surface area contributed by atoms with Gasteiger partial charge in [-0.2, -0.15) is 0 Å². The van der Waals surface area contributed by atoms with E-state index in [2.05, 4.69) is 52.0 Å². The average Bonchev–Trinajstić information content (AvgIpc) is 2.50. The Morgan fingerprint density at radius 3 is 2.17 bits per heavy atom. The van der Waals surface area contributed by atoms with Crippen molar-refractivity contribution in [3.63, 3.8) is 0 Å². The third-order valence-corrected chi connectivity index (χ3v) is 6.42. The highest BCUT2D eigenvalue weighted by atomic mass is 32.2. The van der Waals surface area contributed by atoms with Crippen LogP contribution in [0.3, 0.4) is 0 Å². The van der Waals surface area contributed by atoms with E-state index in [1.165, 1.54) is 21.5 Å². The van der Waals surface area contributed by atoms with Crippen LogP contribution in [-0.4, -0.2) is 20.9 Å². The van der Waals surface area contributed by atoms with E-state index in [4.69, 9.17) is 0 Å². The zero-order valence-electron chi connectivity index (χ0n) is 15.4. The molecule has 0 saturated heterocycles. The molecule has 2 aromatic carbocycles. The molecule has 0 fully saturated rings. The van der Waals surface area contributed by atoms with E-state index >= 15 is 0 Å². The topological polar surface area (TPSA) is 20.2 Å². The second-order valence-electron chi connectivity index (χ2n) is 7.12. The molecule has 2 rings (SSSR count). The maximum absolute atomic E-state index is 10.1. The van der Waals surface area contributed by atoms with Crippen LogP contribution >= 0.6 is 11.8 Å². The van der Waals surface area contributed by atoms with E-state index in [-0.39, 0.29) is 0 Å². The summed E-state index contributed by atoms with van der Waals surface area (Å²) in [5.41, 5.74) is 3.02. The van der Waals surface area contributed by atoms with Crippen LogP contribution in [0.4, 0.5) is 0 Å². The maximum atomic E-state index is 10.1. The van der Waals surface area contributed by atoms with Crippen molar-refractivity contribution in [2.45, 2.75) is 45.4 Å². The molecule has 0 spiro atoms. The molecule has 0 saturated carbocycles. The first-order valence-corrected chi connectivity index (χ1v) is 10.9. The van der Waals surface area contributed by atoms with Crippen LogP contribution in [0.2, 0.25) is 0 Å². The molecular weight excluding hydrogens is 328 g/mol. The van der Waals surface area contributed by atoms with Gasteiger partial charge in [-0.3, -0.25) is 0 Å². The minimum Gasteiger partial charge on any atom is -0.507 e. The third kappa shape index (κ3) is 4.90. The number of hydrogen-bond donors (Lipinski definition) is 1. The van der Waals surface area contributed by atoms with Crippen molar-refractivity contribution in [2.24, 2.45) is 11.8 Å². The van der Waals surface area contributed by atoms with Crippen LogP contribution in [-0.2, 0) is 12.8 Å². The molecule has 0 amide bonds. The summed E-state index contributed by atoms with van der Waals surface area (Å²) in [6, 6.07) is 12.7. The third-order valence-electron chi connectivity index (χ3n) is 3.98. The second-order valence-corrected chi connectivity index (χ2v) is 9.27. The number of phenols is 1. The zero-order valence-corrected chi connectivity index (χ0v) is 17.2. The van der Waals surface area contributed by atoms with Crippen molar-refractivity contribution in [1.29, 1.82) is 0 Å². The second kappa shape index (κ2) is 8.77. The fourth-order valence-corrected chi connectivity index (χ4v) is 5.34. The monoisotopic (exact) mass is 356 g/mol. The molecule has 128 valence electrons. The van der Waals surface area contributed by atoms with Crippen molar-refractivity contribution >= 4 is 31.7 Å². The molecule has 0 aromatic heterocycles. The Kier molecular flexibility index (Phi) is 6.99. The minimum atomic E-state index is 0.399. The molecule has 0 atom stereocenters. The van der Waals surface area contributed by atoms with Gasteiger partial charge in [0.15, 0.2) is 0 Å². The van der Waals surface area contributed by atoms with Gasteiger partial charge < -0.3 is 5.11 Å². The molecule has 0 aliphatic heterocycles. The molecular formula is C21H28OSSi. The lowest BCUT2D eigenvalue weighted by Crippen LogP contribution is -2.32. The highest BCUT2D eigenvalue weighted by molar-refractivity contribution is 7.99. The fraction of sp³-hybridized carbons (Fsp3) is 0.429. The Morgan fingerprint density at radius 2 is 1.54 bits per heavy atom. The fourth-order valence-electron chi connectivity index (χ4n) is 3.02. The Balaban J connectivity index is 2.44. The summed E-state index contributed by atoms with van der Waals surface area (Å²) in [5.74, 6) is 1.71. The van der Waals surface area contributed by atoms with Crippen molar-refractivity contribution in [1.82, 2.24) is 0 Å². The highest BCUT2D eigenvalue weighted by Gasteiger charge is 2.15. The van der Waals surface area contributed by atoms with Gasteiger partial charge in [0.25, 0.3) is 0 Å². The van der Waals surface area contributed by atoms with Gasteiger partial charge in [-0.15, -0.1) is 11.8 Å². The summed E-state index contributed by atoms with van der Waals surface area (Å²) in [6.45, 7) is 9.16. The average molecular weight is 357 g/mol. The summed E-state index contributed by atoms with van der Waals surface area (Å²) >= 11 is 1.63. The minimum absolute atomic E-state index is 0.399. The summed E-state index contributed by atoms with van der Waals surface area (Å²) in [7, 11) is 0.589. The van der Waals surface area contributed by atoms with Gasteiger partial charge >= 0.3 is 0 Å². The predicted molar refractivity (Wildman–Crippen MR) is 108 cm³/mol. The number of benzene rings is 2. The van der Waals surface area contributed by atoms with Crippen molar-refractivity contribution in [3.05, 3.63) is 47.5 Å². The van der Waals surface area contributed by atoms with E-state index < -0.39 is 0 Å². The lowest BCUT2D eigenvalue weighted by molar-refractivity contribution is 0.463. The number of rotatable bonds is 7. The summed E-state index contributed by atoms with van der Waals surface area (Å²) in [4.78, 5) is 1.01. The van der Waals surface area contributed by atoms with E-state index in [9.17, 15) is 5.11 Å². The molecule has 1 nitrogen and oxygen atoms in total. The lowest BCUT2D eigenvalue weighted by atomic mass is 9.93. The number of aromatic hydroxyl groups is 1. The summed E-state index contributed by atoms with van der Waals surface area (Å²) in [5, 5.41) is 12.8. The maximum Gasteiger partial charge on any atom is 0.128 e. The van der Waals surface area contributed by atoms with Crippen LogP contribution in [0.15, 0.2) is 41.3 Å². The van der Waals surface area contributed by atoms with Gasteiger partial charge in [-0.1, -0.05) is 63.2 Å². The summed E-state index contributed by atoms with van der Waals surface area (Å²) in [6.07, 6.45) is 4.29. The Hall–Kier alpha value is -1.19. The smallest absolute Gasteiger partial charge is 0.128 e. The van der Waals surface area contributed by atoms with E-state index in [0.717, 1.165) is 17.7 Å². The highest BCUT2D eigenvalue weighted by Crippen LogP contribution is 2.24. The van der Waals surface area contributed by atoms with Crippen LogP contribution < -0.4 is 10.4 Å². The molecule has 24 heavy (non-hydrogen) atoms. The SMILES string of the molecule is CSc1c(O)cccc1[Si]c1cccc(CC(C)C)c1CC(C)C. The van der Waals surface area contributed by atoms with Crippen LogP contribution in [0.25, 0.3) is 0 Å². The van der Waals surface area contributed by atoms with Crippen molar-refractivity contribution < 1.29 is 5.11 Å². The first-order valence-electron chi connectivity index (χ1n) is 8.66. The number of phenolic OH excluding ortho intramolecular Hbond substituents is 1. The molecule has 2 radical (unpaired) electrons. The first kappa shape index (κ1) is 19.1.